The van der Waals surface area contributed by atoms with Crippen molar-refractivity contribution in [1.29, 1.82) is 0 Å². The number of nitro groups is 1. The minimum Gasteiger partial charge on any atom is -0.370 e. The van der Waals surface area contributed by atoms with Gasteiger partial charge in [-0.15, -0.1) is 0 Å². The Labute approximate surface area is 130 Å². The van der Waals surface area contributed by atoms with Crippen LogP contribution in [-0.4, -0.2) is 50.4 Å². The van der Waals surface area contributed by atoms with Crippen LogP contribution in [0.2, 0.25) is 0 Å². The zero-order valence-corrected chi connectivity index (χ0v) is 12.9. The number of rotatable bonds is 4. The van der Waals surface area contributed by atoms with Crippen LogP contribution in [0.4, 0.5) is 5.69 Å². The molecule has 120 valence electrons. The molecule has 1 aromatic carbocycles. The monoisotopic (exact) mass is 307 g/mol. The Balaban J connectivity index is 1.48. The molecule has 1 aromatic rings. The highest BCUT2D eigenvalue weighted by atomic mass is 16.6. The Bertz CT molecular complexity index is 492. The summed E-state index contributed by atoms with van der Waals surface area (Å²) in [5, 5.41) is 10.7. The highest BCUT2D eigenvalue weighted by Gasteiger charge is 2.30. The average Bonchev–Trinajstić information content (AvgIpc) is 2.57. The summed E-state index contributed by atoms with van der Waals surface area (Å²) >= 11 is 0. The van der Waals surface area contributed by atoms with Crippen molar-refractivity contribution in [1.82, 2.24) is 0 Å². The minimum absolute atomic E-state index is 0.174. The number of hydrogen-bond acceptors (Lipinski definition) is 3. The molecule has 2 aliphatic heterocycles. The predicted molar refractivity (Wildman–Crippen MR) is 82.0 cm³/mol. The first-order valence-electron chi connectivity index (χ1n) is 8.21. The molecule has 6 nitrogen and oxygen atoms in total. The summed E-state index contributed by atoms with van der Waals surface area (Å²) in [7, 11) is 0. The fourth-order valence-electron chi connectivity index (χ4n) is 3.68. The largest absolute Gasteiger partial charge is 0.370 e. The van der Waals surface area contributed by atoms with Crippen LogP contribution in [0.3, 0.4) is 0 Å². The Morgan fingerprint density at radius 2 is 1.73 bits per heavy atom. The SMILES string of the molecule is O=[N+]([O-])c1ccc(C[NH+]2CCC([NH+]3CCOCC3)CC2)cc1. The molecule has 2 fully saturated rings. The molecule has 2 heterocycles. The number of benzene rings is 1. The lowest BCUT2D eigenvalue weighted by molar-refractivity contribution is -0.967. The van der Waals surface area contributed by atoms with Gasteiger partial charge < -0.3 is 14.5 Å². The van der Waals surface area contributed by atoms with Crippen LogP contribution in [0.1, 0.15) is 18.4 Å². The van der Waals surface area contributed by atoms with E-state index in [0.29, 0.717) is 0 Å². The van der Waals surface area contributed by atoms with Gasteiger partial charge in [0.1, 0.15) is 19.6 Å². The zero-order valence-electron chi connectivity index (χ0n) is 12.9. The first-order valence-corrected chi connectivity index (χ1v) is 8.21. The second-order valence-electron chi connectivity index (χ2n) is 6.40. The van der Waals surface area contributed by atoms with Crippen molar-refractivity contribution in [3.63, 3.8) is 0 Å². The van der Waals surface area contributed by atoms with E-state index < -0.39 is 0 Å². The van der Waals surface area contributed by atoms with E-state index in [0.717, 1.165) is 38.9 Å². The summed E-state index contributed by atoms with van der Waals surface area (Å²) in [5.41, 5.74) is 1.37. The van der Waals surface area contributed by atoms with Crippen LogP contribution in [0, 0.1) is 10.1 Å². The molecule has 6 heteroatoms. The van der Waals surface area contributed by atoms with Gasteiger partial charge in [-0.25, -0.2) is 0 Å². The fourth-order valence-corrected chi connectivity index (χ4v) is 3.68. The molecule has 0 aromatic heterocycles. The summed E-state index contributed by atoms with van der Waals surface area (Å²) < 4.78 is 5.44. The highest BCUT2D eigenvalue weighted by molar-refractivity contribution is 5.32. The number of morpholine rings is 1. The second-order valence-corrected chi connectivity index (χ2v) is 6.40. The molecule has 0 bridgehead atoms. The minimum atomic E-state index is -0.340. The molecule has 0 spiro atoms. The third kappa shape index (κ3) is 3.82. The van der Waals surface area contributed by atoms with Gasteiger partial charge in [-0.2, -0.15) is 0 Å². The first kappa shape index (κ1) is 15.4. The Kier molecular flexibility index (Phi) is 5.02. The number of nitro benzene ring substituents is 1. The lowest BCUT2D eigenvalue weighted by atomic mass is 10.0. The molecule has 0 radical (unpaired) electrons. The maximum atomic E-state index is 10.7. The van der Waals surface area contributed by atoms with Gasteiger partial charge in [-0.3, -0.25) is 10.1 Å². The van der Waals surface area contributed by atoms with Crippen LogP contribution in [0.15, 0.2) is 24.3 Å². The first-order chi connectivity index (χ1) is 10.7. The maximum absolute atomic E-state index is 10.7. The van der Waals surface area contributed by atoms with E-state index in [4.69, 9.17) is 4.74 Å². The van der Waals surface area contributed by atoms with Gasteiger partial charge in [-0.1, -0.05) is 0 Å². The lowest BCUT2D eigenvalue weighted by Gasteiger charge is -2.36. The van der Waals surface area contributed by atoms with E-state index >= 15 is 0 Å². The number of ether oxygens (including phenoxy) is 1. The van der Waals surface area contributed by atoms with E-state index in [1.54, 1.807) is 21.9 Å². The Morgan fingerprint density at radius 3 is 2.32 bits per heavy atom. The molecule has 2 aliphatic rings. The molecular formula is C16H25N3O3+2. The van der Waals surface area contributed by atoms with Crippen molar-refractivity contribution in [3.8, 4) is 0 Å². The van der Waals surface area contributed by atoms with E-state index in [-0.39, 0.29) is 10.6 Å². The number of non-ortho nitro benzene ring substituents is 1. The van der Waals surface area contributed by atoms with Crippen LogP contribution in [-0.2, 0) is 11.3 Å². The molecule has 22 heavy (non-hydrogen) atoms. The van der Waals surface area contributed by atoms with Crippen molar-refractivity contribution in [3.05, 3.63) is 39.9 Å². The summed E-state index contributed by atoms with van der Waals surface area (Å²) in [6.45, 7) is 7.50. The molecule has 0 aliphatic carbocycles. The summed E-state index contributed by atoms with van der Waals surface area (Å²) in [5.74, 6) is 0. The number of quaternary nitrogens is 2. The third-order valence-electron chi connectivity index (χ3n) is 5.01. The van der Waals surface area contributed by atoms with E-state index in [9.17, 15) is 10.1 Å². The Morgan fingerprint density at radius 1 is 1.09 bits per heavy atom. The van der Waals surface area contributed by atoms with Gasteiger partial charge in [0.25, 0.3) is 5.69 Å². The van der Waals surface area contributed by atoms with Crippen molar-refractivity contribution in [2.75, 3.05) is 39.4 Å². The van der Waals surface area contributed by atoms with E-state index in [2.05, 4.69) is 0 Å². The van der Waals surface area contributed by atoms with Crippen LogP contribution >= 0.6 is 0 Å². The smallest absolute Gasteiger partial charge is 0.269 e. The van der Waals surface area contributed by atoms with Gasteiger partial charge in [0.05, 0.1) is 37.3 Å². The number of nitrogens with one attached hydrogen (secondary N) is 2. The number of hydrogen-bond donors (Lipinski definition) is 2. The van der Waals surface area contributed by atoms with Gasteiger partial charge in [0.2, 0.25) is 0 Å². The maximum Gasteiger partial charge on any atom is 0.269 e. The standard InChI is InChI=1S/C16H23N3O3/c20-19(21)16-3-1-14(2-4-16)13-17-7-5-15(6-8-17)18-9-11-22-12-10-18/h1-4,15H,5-13H2/p+2. The normalized spacial score (nSPS) is 26.7. The predicted octanol–water partition coefficient (Wildman–Crippen LogP) is -0.943. The lowest BCUT2D eigenvalue weighted by Crippen LogP contribution is -3.21. The Hall–Kier alpha value is -1.50. The number of likely N-dealkylation sites (tertiary alicyclic amines) is 1. The molecular weight excluding hydrogens is 282 g/mol. The molecule has 0 saturated carbocycles. The van der Waals surface area contributed by atoms with Crippen molar-refractivity contribution in [2.45, 2.75) is 25.4 Å². The molecule has 0 amide bonds. The van der Waals surface area contributed by atoms with Gasteiger partial charge in [-0.05, 0) is 12.1 Å². The number of nitrogens with zero attached hydrogens (tertiary/aromatic N) is 1. The number of piperidine rings is 1. The summed E-state index contributed by atoms with van der Waals surface area (Å²) in [4.78, 5) is 13.7. The highest BCUT2D eigenvalue weighted by Crippen LogP contribution is 2.11. The molecule has 2 N–H and O–H groups in total. The quantitative estimate of drug-likeness (QED) is 0.557. The second kappa shape index (κ2) is 7.17. The van der Waals surface area contributed by atoms with Crippen LogP contribution < -0.4 is 9.80 Å². The van der Waals surface area contributed by atoms with Gasteiger partial charge >= 0.3 is 0 Å². The third-order valence-corrected chi connectivity index (χ3v) is 5.01. The summed E-state index contributed by atoms with van der Waals surface area (Å²) in [6.07, 6.45) is 2.55. The average molecular weight is 307 g/mol. The molecule has 3 rings (SSSR count). The fraction of sp³-hybridized carbons (Fsp3) is 0.625. The van der Waals surface area contributed by atoms with E-state index in [1.807, 2.05) is 12.1 Å². The van der Waals surface area contributed by atoms with Crippen LogP contribution in [0.5, 0.6) is 0 Å². The van der Waals surface area contributed by atoms with E-state index in [1.165, 1.54) is 31.5 Å². The van der Waals surface area contributed by atoms with Gasteiger partial charge in [0, 0.05) is 30.5 Å². The zero-order chi connectivity index (χ0) is 15.4. The van der Waals surface area contributed by atoms with Crippen LogP contribution in [0.25, 0.3) is 0 Å². The van der Waals surface area contributed by atoms with Crippen molar-refractivity contribution >= 4 is 5.69 Å². The molecule has 0 atom stereocenters. The van der Waals surface area contributed by atoms with Crippen molar-refractivity contribution < 1.29 is 19.5 Å². The topological polar surface area (TPSA) is 61.2 Å². The van der Waals surface area contributed by atoms with Gasteiger partial charge in [0.15, 0.2) is 0 Å². The molecule has 2 saturated heterocycles. The van der Waals surface area contributed by atoms with Crippen molar-refractivity contribution in [2.24, 2.45) is 0 Å². The summed E-state index contributed by atoms with van der Waals surface area (Å²) in [6, 6.07) is 7.80. The molecule has 0 unspecified atom stereocenters.